The highest BCUT2D eigenvalue weighted by molar-refractivity contribution is 9.10. The molecule has 0 aliphatic carbocycles. The quantitative estimate of drug-likeness (QED) is 0.794. The van der Waals surface area contributed by atoms with Crippen LogP contribution in [0.15, 0.2) is 22.7 Å². The van der Waals surface area contributed by atoms with Crippen molar-refractivity contribution in [2.24, 2.45) is 0 Å². The van der Waals surface area contributed by atoms with Crippen molar-refractivity contribution < 1.29 is 19.1 Å². The number of anilines is 1. The third kappa shape index (κ3) is 5.66. The minimum Gasteiger partial charge on any atom is -0.480 e. The Hall–Kier alpha value is -1.47. The van der Waals surface area contributed by atoms with E-state index in [0.29, 0.717) is 11.0 Å². The van der Waals surface area contributed by atoms with Gasteiger partial charge in [-0.05, 0) is 31.2 Å². The average Bonchev–Trinajstić information content (AvgIpc) is 2.32. The molecule has 0 atom stereocenters. The van der Waals surface area contributed by atoms with Crippen molar-refractivity contribution in [3.8, 4) is 0 Å². The van der Waals surface area contributed by atoms with Crippen LogP contribution in [0.2, 0.25) is 0 Å². The van der Waals surface area contributed by atoms with E-state index in [1.807, 2.05) is 6.92 Å². The van der Waals surface area contributed by atoms with Crippen LogP contribution in [0, 0.1) is 5.82 Å². The molecule has 1 rings (SSSR count). The fourth-order valence-electron chi connectivity index (χ4n) is 1.71. The van der Waals surface area contributed by atoms with Crippen molar-refractivity contribution in [3.63, 3.8) is 0 Å². The molecule has 0 bridgehead atoms. The number of carbonyl (C=O) groups excluding carboxylic acids is 1. The van der Waals surface area contributed by atoms with E-state index in [-0.39, 0.29) is 18.8 Å². The Morgan fingerprint density at radius 1 is 1.40 bits per heavy atom. The summed E-state index contributed by atoms with van der Waals surface area (Å²) in [6.07, 6.45) is 0.729. The van der Waals surface area contributed by atoms with Gasteiger partial charge in [0, 0.05) is 4.47 Å². The summed E-state index contributed by atoms with van der Waals surface area (Å²) in [6, 6.07) is 4.30. The summed E-state index contributed by atoms with van der Waals surface area (Å²) in [5.74, 6) is -1.99. The first-order chi connectivity index (χ1) is 9.42. The van der Waals surface area contributed by atoms with E-state index in [2.05, 4.69) is 21.2 Å². The number of amides is 1. The predicted octanol–water partition coefficient (Wildman–Crippen LogP) is 2.32. The summed E-state index contributed by atoms with van der Waals surface area (Å²) >= 11 is 3.12. The van der Waals surface area contributed by atoms with Gasteiger partial charge in [-0.3, -0.25) is 14.5 Å². The molecule has 1 amide bonds. The number of carboxylic acid groups (broad SMARTS) is 1. The summed E-state index contributed by atoms with van der Waals surface area (Å²) in [7, 11) is 0. The largest absolute Gasteiger partial charge is 0.480 e. The van der Waals surface area contributed by atoms with E-state index in [9.17, 15) is 14.0 Å². The van der Waals surface area contributed by atoms with Crippen molar-refractivity contribution in [2.75, 3.05) is 25.0 Å². The second kappa shape index (κ2) is 7.96. The Morgan fingerprint density at radius 2 is 2.10 bits per heavy atom. The molecular formula is C13H16BrFN2O3. The minimum atomic E-state index is -0.999. The van der Waals surface area contributed by atoms with E-state index in [1.165, 1.54) is 17.0 Å². The molecule has 20 heavy (non-hydrogen) atoms. The molecule has 0 heterocycles. The Balaban J connectivity index is 2.62. The van der Waals surface area contributed by atoms with Crippen LogP contribution in [0.4, 0.5) is 10.1 Å². The maximum absolute atomic E-state index is 13.6. The zero-order valence-electron chi connectivity index (χ0n) is 11.0. The van der Waals surface area contributed by atoms with Crippen LogP contribution in [0.25, 0.3) is 0 Å². The number of benzene rings is 1. The molecule has 0 unspecified atom stereocenters. The lowest BCUT2D eigenvalue weighted by Gasteiger charge is -2.18. The second-order valence-electron chi connectivity index (χ2n) is 4.28. The Labute approximate surface area is 124 Å². The number of aliphatic carboxylic acids is 1. The third-order valence-electron chi connectivity index (χ3n) is 2.47. The van der Waals surface area contributed by atoms with Gasteiger partial charge in [0.2, 0.25) is 5.91 Å². The van der Waals surface area contributed by atoms with Crippen LogP contribution >= 0.6 is 15.9 Å². The van der Waals surface area contributed by atoms with Gasteiger partial charge in [0.05, 0.1) is 18.8 Å². The highest BCUT2D eigenvalue weighted by Gasteiger charge is 2.14. The highest BCUT2D eigenvalue weighted by Crippen LogP contribution is 2.19. The molecule has 0 aliphatic rings. The predicted molar refractivity (Wildman–Crippen MR) is 77.1 cm³/mol. The van der Waals surface area contributed by atoms with Crippen molar-refractivity contribution in [3.05, 3.63) is 28.5 Å². The van der Waals surface area contributed by atoms with Crippen LogP contribution in [-0.2, 0) is 9.59 Å². The monoisotopic (exact) mass is 346 g/mol. The van der Waals surface area contributed by atoms with E-state index in [1.54, 1.807) is 6.07 Å². The van der Waals surface area contributed by atoms with Crippen molar-refractivity contribution in [1.82, 2.24) is 4.90 Å². The van der Waals surface area contributed by atoms with Crippen LogP contribution in [0.3, 0.4) is 0 Å². The molecule has 7 heteroatoms. The highest BCUT2D eigenvalue weighted by atomic mass is 79.9. The van der Waals surface area contributed by atoms with Crippen molar-refractivity contribution in [2.45, 2.75) is 13.3 Å². The van der Waals surface area contributed by atoms with Gasteiger partial charge in [-0.15, -0.1) is 0 Å². The number of nitrogens with one attached hydrogen (secondary N) is 1. The molecule has 0 radical (unpaired) electrons. The normalized spacial score (nSPS) is 10.6. The lowest BCUT2D eigenvalue weighted by molar-refractivity contribution is -0.138. The number of halogens is 2. The lowest BCUT2D eigenvalue weighted by Crippen LogP contribution is -2.37. The molecular weight excluding hydrogens is 331 g/mol. The van der Waals surface area contributed by atoms with Crippen molar-refractivity contribution in [1.29, 1.82) is 0 Å². The molecule has 0 aromatic heterocycles. The summed E-state index contributed by atoms with van der Waals surface area (Å²) < 4.78 is 14.1. The van der Waals surface area contributed by atoms with Crippen LogP contribution in [0.1, 0.15) is 13.3 Å². The fourth-order valence-corrected chi connectivity index (χ4v) is 2.04. The van der Waals surface area contributed by atoms with Gasteiger partial charge in [-0.1, -0.05) is 22.9 Å². The SMILES string of the molecule is CCCN(CC(=O)O)CC(=O)Nc1ccc(Br)cc1F. The molecule has 0 saturated carbocycles. The smallest absolute Gasteiger partial charge is 0.317 e. The number of rotatable bonds is 7. The molecule has 1 aromatic carbocycles. The third-order valence-corrected chi connectivity index (χ3v) is 2.96. The van der Waals surface area contributed by atoms with Crippen LogP contribution in [-0.4, -0.2) is 41.5 Å². The van der Waals surface area contributed by atoms with Crippen LogP contribution < -0.4 is 5.32 Å². The first-order valence-corrected chi connectivity index (χ1v) is 6.90. The van der Waals surface area contributed by atoms with Crippen molar-refractivity contribution >= 4 is 33.5 Å². The van der Waals surface area contributed by atoms with E-state index in [0.717, 1.165) is 6.42 Å². The number of carboxylic acids is 1. The molecule has 5 nitrogen and oxygen atoms in total. The zero-order chi connectivity index (χ0) is 15.1. The molecule has 0 saturated heterocycles. The van der Waals surface area contributed by atoms with E-state index >= 15 is 0 Å². The van der Waals surface area contributed by atoms with Gasteiger partial charge < -0.3 is 10.4 Å². The molecule has 0 fully saturated rings. The average molecular weight is 347 g/mol. The van der Waals surface area contributed by atoms with Gasteiger partial charge in [0.15, 0.2) is 0 Å². The van der Waals surface area contributed by atoms with Gasteiger partial charge in [-0.25, -0.2) is 4.39 Å². The van der Waals surface area contributed by atoms with Gasteiger partial charge in [-0.2, -0.15) is 0 Å². The van der Waals surface area contributed by atoms with E-state index < -0.39 is 17.7 Å². The second-order valence-corrected chi connectivity index (χ2v) is 5.19. The van der Waals surface area contributed by atoms with Gasteiger partial charge in [0.25, 0.3) is 0 Å². The molecule has 0 spiro atoms. The lowest BCUT2D eigenvalue weighted by atomic mass is 10.3. The van der Waals surface area contributed by atoms with Gasteiger partial charge in [0.1, 0.15) is 5.82 Å². The molecule has 1 aromatic rings. The number of hydrogen-bond acceptors (Lipinski definition) is 3. The summed E-state index contributed by atoms with van der Waals surface area (Å²) in [6.45, 7) is 2.07. The number of nitrogens with zero attached hydrogens (tertiary/aromatic N) is 1. The molecule has 0 aliphatic heterocycles. The molecule has 2 N–H and O–H groups in total. The maximum atomic E-state index is 13.6. The maximum Gasteiger partial charge on any atom is 0.317 e. The fraction of sp³-hybridized carbons (Fsp3) is 0.385. The minimum absolute atomic E-state index is 0.0740. The Kier molecular flexibility index (Phi) is 6.60. The summed E-state index contributed by atoms with van der Waals surface area (Å²) in [4.78, 5) is 24.0. The summed E-state index contributed by atoms with van der Waals surface area (Å²) in [5, 5.41) is 11.2. The number of hydrogen-bond donors (Lipinski definition) is 2. The Bertz CT molecular complexity index is 497. The number of carbonyl (C=O) groups is 2. The van der Waals surface area contributed by atoms with E-state index in [4.69, 9.17) is 5.11 Å². The first kappa shape index (κ1) is 16.6. The Morgan fingerprint density at radius 3 is 2.65 bits per heavy atom. The van der Waals surface area contributed by atoms with Gasteiger partial charge >= 0.3 is 5.97 Å². The zero-order valence-corrected chi connectivity index (χ0v) is 12.6. The molecule has 110 valence electrons. The summed E-state index contributed by atoms with van der Waals surface area (Å²) in [5.41, 5.74) is 0.0740. The van der Waals surface area contributed by atoms with Crippen LogP contribution in [0.5, 0.6) is 0 Å². The standard InChI is InChI=1S/C13H16BrFN2O3/c1-2-5-17(8-13(19)20)7-12(18)16-11-4-3-9(14)6-10(11)15/h3-4,6H,2,5,7-8H2,1H3,(H,16,18)(H,19,20). The first-order valence-electron chi connectivity index (χ1n) is 6.11. The topological polar surface area (TPSA) is 69.6 Å².